The van der Waals surface area contributed by atoms with E-state index in [1.165, 1.54) is 23.9 Å². The predicted molar refractivity (Wildman–Crippen MR) is 125 cm³/mol. The van der Waals surface area contributed by atoms with Crippen molar-refractivity contribution in [2.75, 3.05) is 22.5 Å². The first kappa shape index (κ1) is 20.6. The van der Waals surface area contributed by atoms with Crippen molar-refractivity contribution in [3.8, 4) is 0 Å². The fourth-order valence-electron chi connectivity index (χ4n) is 4.41. The van der Waals surface area contributed by atoms with Gasteiger partial charge in [0.05, 0.1) is 12.2 Å². The lowest BCUT2D eigenvalue weighted by Gasteiger charge is -2.33. The molecule has 0 radical (unpaired) electrons. The Kier molecular flexibility index (Phi) is 5.13. The van der Waals surface area contributed by atoms with Gasteiger partial charge >= 0.3 is 6.03 Å². The SMILES string of the molecule is Cc1cccc(NC(=O)N2CCS[C@]23C(=O)N(Cc2ccc(F)cc2)c2ccccc23)c1. The highest BCUT2D eigenvalue weighted by Crippen LogP contribution is 2.54. The third kappa shape index (κ3) is 3.33. The summed E-state index contributed by atoms with van der Waals surface area (Å²) in [5, 5.41) is 2.96. The number of rotatable bonds is 3. The summed E-state index contributed by atoms with van der Waals surface area (Å²) < 4.78 is 13.4. The highest BCUT2D eigenvalue weighted by Gasteiger charge is 2.59. The fraction of sp³-hybridized carbons (Fsp3) is 0.200. The topological polar surface area (TPSA) is 52.7 Å². The number of nitrogens with one attached hydrogen (secondary N) is 1. The predicted octanol–water partition coefficient (Wildman–Crippen LogP) is 5.11. The number of hydrogen-bond acceptors (Lipinski definition) is 3. The molecular weight excluding hydrogens is 425 g/mol. The number of carbonyl (C=O) groups is 2. The molecule has 3 aromatic carbocycles. The summed E-state index contributed by atoms with van der Waals surface area (Å²) in [5.41, 5.74) is 4.16. The molecule has 2 aliphatic rings. The van der Waals surface area contributed by atoms with E-state index in [1.807, 2.05) is 55.5 Å². The zero-order chi connectivity index (χ0) is 22.3. The van der Waals surface area contributed by atoms with E-state index in [2.05, 4.69) is 5.32 Å². The zero-order valence-corrected chi connectivity index (χ0v) is 18.4. The number of thioether (sulfide) groups is 1. The number of anilines is 2. The van der Waals surface area contributed by atoms with Crippen molar-refractivity contribution in [1.29, 1.82) is 0 Å². The van der Waals surface area contributed by atoms with Gasteiger partial charge in [0.25, 0.3) is 5.91 Å². The number of nitrogens with zero attached hydrogens (tertiary/aromatic N) is 2. The van der Waals surface area contributed by atoms with Gasteiger partial charge in [-0.1, -0.05) is 42.5 Å². The molecule has 162 valence electrons. The van der Waals surface area contributed by atoms with E-state index in [9.17, 15) is 14.0 Å². The van der Waals surface area contributed by atoms with Crippen LogP contribution >= 0.6 is 11.8 Å². The Labute approximate surface area is 190 Å². The van der Waals surface area contributed by atoms with Crippen LogP contribution in [0.3, 0.4) is 0 Å². The Morgan fingerprint density at radius 1 is 1.09 bits per heavy atom. The smallest absolute Gasteiger partial charge is 0.308 e. The van der Waals surface area contributed by atoms with Crippen molar-refractivity contribution in [3.63, 3.8) is 0 Å². The second-order valence-corrected chi connectivity index (χ2v) is 9.27. The molecule has 2 heterocycles. The molecule has 0 aromatic heterocycles. The molecule has 5 rings (SSSR count). The van der Waals surface area contributed by atoms with E-state index in [1.54, 1.807) is 21.9 Å². The van der Waals surface area contributed by atoms with Gasteiger partial charge < -0.3 is 10.2 Å². The number of fused-ring (bicyclic) bond motifs is 2. The van der Waals surface area contributed by atoms with Gasteiger partial charge in [-0.15, -0.1) is 11.8 Å². The molecule has 0 unspecified atom stereocenters. The molecule has 0 saturated carbocycles. The van der Waals surface area contributed by atoms with Crippen LogP contribution in [0.25, 0.3) is 0 Å². The Hall–Kier alpha value is -3.32. The van der Waals surface area contributed by atoms with Gasteiger partial charge in [-0.25, -0.2) is 9.18 Å². The maximum Gasteiger partial charge on any atom is 0.323 e. The molecule has 3 amide bonds. The number of amides is 3. The van der Waals surface area contributed by atoms with E-state index >= 15 is 0 Å². The average Bonchev–Trinajstić information content (AvgIpc) is 3.33. The Morgan fingerprint density at radius 2 is 1.88 bits per heavy atom. The number of aryl methyl sites for hydroxylation is 1. The number of halogens is 1. The molecule has 5 nitrogen and oxygen atoms in total. The van der Waals surface area contributed by atoms with Crippen LogP contribution in [-0.2, 0) is 16.2 Å². The van der Waals surface area contributed by atoms with E-state index < -0.39 is 4.87 Å². The molecule has 3 aromatic rings. The maximum atomic E-state index is 13.9. The highest BCUT2D eigenvalue weighted by atomic mass is 32.2. The maximum absolute atomic E-state index is 13.9. The summed E-state index contributed by atoms with van der Waals surface area (Å²) in [6.07, 6.45) is 0. The summed E-state index contributed by atoms with van der Waals surface area (Å²) in [4.78, 5) is 29.5. The van der Waals surface area contributed by atoms with Crippen LogP contribution in [0.2, 0.25) is 0 Å². The number of benzene rings is 3. The van der Waals surface area contributed by atoms with Crippen LogP contribution in [0, 0.1) is 12.7 Å². The van der Waals surface area contributed by atoms with E-state index in [4.69, 9.17) is 0 Å². The molecule has 32 heavy (non-hydrogen) atoms. The molecule has 7 heteroatoms. The van der Waals surface area contributed by atoms with Crippen molar-refractivity contribution in [3.05, 3.63) is 95.3 Å². The summed E-state index contributed by atoms with van der Waals surface area (Å²) in [6.45, 7) is 2.74. The van der Waals surface area contributed by atoms with E-state index in [0.717, 1.165) is 22.4 Å². The quantitative estimate of drug-likeness (QED) is 0.607. The van der Waals surface area contributed by atoms with E-state index in [-0.39, 0.29) is 17.8 Å². The summed E-state index contributed by atoms with van der Waals surface area (Å²) in [7, 11) is 0. The normalized spacial score (nSPS) is 19.5. The van der Waals surface area contributed by atoms with Gasteiger partial charge in [0, 0.05) is 23.5 Å². The molecule has 1 fully saturated rings. The lowest BCUT2D eigenvalue weighted by Crippen LogP contribution is -2.51. The van der Waals surface area contributed by atoms with Crippen LogP contribution < -0.4 is 10.2 Å². The molecule has 2 aliphatic heterocycles. The number of carbonyl (C=O) groups excluding carboxylic acids is 2. The first-order valence-corrected chi connectivity index (χ1v) is 11.4. The Morgan fingerprint density at radius 3 is 2.66 bits per heavy atom. The Bertz CT molecular complexity index is 1200. The monoisotopic (exact) mass is 447 g/mol. The number of para-hydroxylation sites is 1. The summed E-state index contributed by atoms with van der Waals surface area (Å²) in [5.74, 6) is 0.194. The molecular formula is C25H22FN3O2S. The van der Waals surface area contributed by atoms with Gasteiger partial charge in [0.1, 0.15) is 5.82 Å². The van der Waals surface area contributed by atoms with Crippen LogP contribution in [0.5, 0.6) is 0 Å². The van der Waals surface area contributed by atoms with E-state index in [0.29, 0.717) is 24.5 Å². The van der Waals surface area contributed by atoms with Crippen LogP contribution in [0.4, 0.5) is 20.6 Å². The lowest BCUT2D eigenvalue weighted by molar-refractivity contribution is -0.123. The minimum absolute atomic E-state index is 0.148. The summed E-state index contributed by atoms with van der Waals surface area (Å²) in [6, 6.07) is 21.0. The third-order valence-electron chi connectivity index (χ3n) is 5.87. The average molecular weight is 448 g/mol. The molecule has 1 spiro atoms. The van der Waals surface area contributed by atoms with Crippen molar-refractivity contribution in [1.82, 2.24) is 4.90 Å². The van der Waals surface area contributed by atoms with Crippen molar-refractivity contribution >= 4 is 35.1 Å². The lowest BCUT2D eigenvalue weighted by atomic mass is 10.1. The van der Waals surface area contributed by atoms with Gasteiger partial charge in [-0.3, -0.25) is 9.69 Å². The van der Waals surface area contributed by atoms with Crippen LogP contribution in [0.1, 0.15) is 16.7 Å². The largest absolute Gasteiger partial charge is 0.323 e. The molecule has 1 atom stereocenters. The minimum atomic E-state index is -1.11. The first-order chi connectivity index (χ1) is 15.5. The summed E-state index contributed by atoms with van der Waals surface area (Å²) >= 11 is 1.48. The van der Waals surface area contributed by atoms with Gasteiger partial charge in [-0.05, 0) is 48.4 Å². The standard InChI is InChI=1S/C25H22FN3O2S/c1-17-5-4-6-20(15-17)27-24(31)29-13-14-32-25(29)21-7-2-3-8-22(21)28(23(25)30)16-18-9-11-19(26)12-10-18/h2-12,15H,13-14,16H2,1H3,(H,27,31)/t25-/m1/s1. The van der Waals surface area contributed by atoms with Gasteiger partial charge in [0.15, 0.2) is 4.87 Å². The molecule has 0 aliphatic carbocycles. The van der Waals surface area contributed by atoms with Gasteiger partial charge in [0.2, 0.25) is 0 Å². The van der Waals surface area contributed by atoms with Crippen LogP contribution in [0.15, 0.2) is 72.8 Å². The number of hydrogen-bond donors (Lipinski definition) is 1. The molecule has 1 saturated heterocycles. The first-order valence-electron chi connectivity index (χ1n) is 10.4. The van der Waals surface area contributed by atoms with Gasteiger partial charge in [-0.2, -0.15) is 0 Å². The number of urea groups is 1. The second-order valence-electron chi connectivity index (χ2n) is 7.98. The third-order valence-corrected chi connectivity index (χ3v) is 7.29. The molecule has 0 bridgehead atoms. The zero-order valence-electron chi connectivity index (χ0n) is 17.5. The highest BCUT2D eigenvalue weighted by molar-refractivity contribution is 8.01. The van der Waals surface area contributed by atoms with Crippen molar-refractivity contribution in [2.45, 2.75) is 18.3 Å². The van der Waals surface area contributed by atoms with Crippen molar-refractivity contribution < 1.29 is 14.0 Å². The van der Waals surface area contributed by atoms with Crippen molar-refractivity contribution in [2.24, 2.45) is 0 Å². The Balaban J connectivity index is 1.50. The molecule has 1 N–H and O–H groups in total. The minimum Gasteiger partial charge on any atom is -0.308 e. The van der Waals surface area contributed by atoms with Crippen LogP contribution in [-0.4, -0.2) is 29.1 Å². The second kappa shape index (κ2) is 7.98. The fourth-order valence-corrected chi connectivity index (χ4v) is 5.87.